The summed E-state index contributed by atoms with van der Waals surface area (Å²) in [5, 5.41) is 2.91. The molecule has 0 saturated heterocycles. The van der Waals surface area contributed by atoms with Gasteiger partial charge >= 0.3 is 0 Å². The van der Waals surface area contributed by atoms with E-state index < -0.39 is 0 Å². The molecule has 0 saturated carbocycles. The zero-order valence-corrected chi connectivity index (χ0v) is 16.1. The number of oxazole rings is 1. The van der Waals surface area contributed by atoms with Crippen molar-refractivity contribution in [2.45, 2.75) is 6.54 Å². The van der Waals surface area contributed by atoms with E-state index >= 15 is 0 Å². The van der Waals surface area contributed by atoms with Crippen molar-refractivity contribution in [1.29, 1.82) is 0 Å². The van der Waals surface area contributed by atoms with Gasteiger partial charge in [-0.05, 0) is 42.0 Å². The molecule has 1 aromatic heterocycles. The van der Waals surface area contributed by atoms with Crippen LogP contribution in [0.25, 0.3) is 22.6 Å². The molecule has 0 aliphatic rings. The molecular formula is C23H20N2O4. The number of nitrogens with one attached hydrogen (secondary N) is 1. The molecule has 1 N–H and O–H groups in total. The maximum absolute atomic E-state index is 12.7. The summed E-state index contributed by atoms with van der Waals surface area (Å²) in [4.78, 5) is 17.2. The number of amides is 1. The van der Waals surface area contributed by atoms with Gasteiger partial charge in [0.1, 0.15) is 22.6 Å². The Kier molecular flexibility index (Phi) is 5.16. The number of aromatic nitrogens is 1. The first kappa shape index (κ1) is 18.6. The molecule has 0 fully saturated rings. The third kappa shape index (κ3) is 3.78. The normalized spacial score (nSPS) is 10.7. The SMILES string of the molecule is COc1cccc(OC)c1C(=O)NCc1ccc(-c2nc3ccccc3o2)cc1. The molecule has 1 heterocycles. The molecule has 0 aliphatic heterocycles. The molecule has 3 aromatic carbocycles. The fourth-order valence-electron chi connectivity index (χ4n) is 3.11. The van der Waals surface area contributed by atoms with Crippen molar-refractivity contribution in [3.8, 4) is 23.0 Å². The van der Waals surface area contributed by atoms with E-state index in [2.05, 4.69) is 10.3 Å². The van der Waals surface area contributed by atoms with E-state index in [0.29, 0.717) is 29.5 Å². The average molecular weight is 388 g/mol. The molecule has 6 heteroatoms. The summed E-state index contributed by atoms with van der Waals surface area (Å²) in [6, 6.07) is 20.6. The minimum Gasteiger partial charge on any atom is -0.496 e. The number of ether oxygens (including phenoxy) is 2. The van der Waals surface area contributed by atoms with Crippen LogP contribution < -0.4 is 14.8 Å². The van der Waals surface area contributed by atoms with E-state index in [0.717, 1.165) is 22.2 Å². The van der Waals surface area contributed by atoms with E-state index in [4.69, 9.17) is 13.9 Å². The number of methoxy groups -OCH3 is 2. The standard InChI is InChI=1S/C23H20N2O4/c1-27-19-8-5-9-20(28-2)21(19)22(26)24-14-15-10-12-16(13-11-15)23-25-17-6-3-4-7-18(17)29-23/h3-13H,14H2,1-2H3,(H,24,26). The topological polar surface area (TPSA) is 73.6 Å². The number of fused-ring (bicyclic) bond motifs is 1. The Morgan fingerprint density at radius 1 is 0.931 bits per heavy atom. The molecule has 29 heavy (non-hydrogen) atoms. The van der Waals surface area contributed by atoms with Crippen LogP contribution in [0.5, 0.6) is 11.5 Å². The number of rotatable bonds is 6. The molecule has 0 aliphatic carbocycles. The van der Waals surface area contributed by atoms with Crippen molar-refractivity contribution in [2.24, 2.45) is 0 Å². The second-order valence-electron chi connectivity index (χ2n) is 6.40. The molecule has 4 rings (SSSR count). The molecule has 6 nitrogen and oxygen atoms in total. The molecule has 4 aromatic rings. The van der Waals surface area contributed by atoms with Crippen LogP contribution in [0, 0.1) is 0 Å². The van der Waals surface area contributed by atoms with Gasteiger partial charge in [0.25, 0.3) is 5.91 Å². The Bertz CT molecular complexity index is 1090. The van der Waals surface area contributed by atoms with Gasteiger partial charge in [0.05, 0.1) is 14.2 Å². The Morgan fingerprint density at radius 2 is 1.62 bits per heavy atom. The summed E-state index contributed by atoms with van der Waals surface area (Å²) in [6.07, 6.45) is 0. The Labute approximate surface area is 168 Å². The van der Waals surface area contributed by atoms with E-state index in [9.17, 15) is 4.79 Å². The first-order valence-corrected chi connectivity index (χ1v) is 9.13. The second-order valence-corrected chi connectivity index (χ2v) is 6.40. The fraction of sp³-hybridized carbons (Fsp3) is 0.130. The number of carbonyl (C=O) groups excluding carboxylic acids is 1. The lowest BCUT2D eigenvalue weighted by Crippen LogP contribution is -2.24. The highest BCUT2D eigenvalue weighted by Gasteiger charge is 2.17. The van der Waals surface area contributed by atoms with Gasteiger partial charge in [-0.2, -0.15) is 0 Å². The Morgan fingerprint density at radius 3 is 2.28 bits per heavy atom. The first-order chi connectivity index (χ1) is 14.2. The molecule has 0 atom stereocenters. The van der Waals surface area contributed by atoms with Gasteiger partial charge in [-0.15, -0.1) is 0 Å². The van der Waals surface area contributed by atoms with Crippen LogP contribution in [-0.2, 0) is 6.54 Å². The summed E-state index contributed by atoms with van der Waals surface area (Å²) >= 11 is 0. The molecule has 0 bridgehead atoms. The van der Waals surface area contributed by atoms with Gasteiger partial charge in [0, 0.05) is 12.1 Å². The van der Waals surface area contributed by atoms with Crippen molar-refractivity contribution in [3.05, 3.63) is 77.9 Å². The number of hydrogen-bond donors (Lipinski definition) is 1. The fourth-order valence-corrected chi connectivity index (χ4v) is 3.11. The highest BCUT2D eigenvalue weighted by Crippen LogP contribution is 2.28. The number of carbonyl (C=O) groups is 1. The van der Waals surface area contributed by atoms with Crippen LogP contribution in [0.3, 0.4) is 0 Å². The largest absolute Gasteiger partial charge is 0.496 e. The number of para-hydroxylation sites is 2. The molecular weight excluding hydrogens is 368 g/mol. The maximum atomic E-state index is 12.7. The van der Waals surface area contributed by atoms with Crippen molar-refractivity contribution in [3.63, 3.8) is 0 Å². The lowest BCUT2D eigenvalue weighted by molar-refractivity contribution is 0.0944. The number of hydrogen-bond acceptors (Lipinski definition) is 5. The van der Waals surface area contributed by atoms with Gasteiger partial charge in [0.2, 0.25) is 5.89 Å². The smallest absolute Gasteiger partial charge is 0.259 e. The molecule has 146 valence electrons. The monoisotopic (exact) mass is 388 g/mol. The lowest BCUT2D eigenvalue weighted by Gasteiger charge is -2.13. The highest BCUT2D eigenvalue weighted by molar-refractivity contribution is 5.99. The third-order valence-electron chi connectivity index (χ3n) is 4.60. The summed E-state index contributed by atoms with van der Waals surface area (Å²) in [5.74, 6) is 1.24. The van der Waals surface area contributed by atoms with Crippen LogP contribution in [0.1, 0.15) is 15.9 Å². The number of nitrogens with zero attached hydrogens (tertiary/aromatic N) is 1. The minimum absolute atomic E-state index is 0.262. The van der Waals surface area contributed by atoms with Crippen LogP contribution in [0.2, 0.25) is 0 Å². The van der Waals surface area contributed by atoms with Crippen molar-refractivity contribution >= 4 is 17.0 Å². The average Bonchev–Trinajstić information content (AvgIpc) is 3.21. The van der Waals surface area contributed by atoms with Gasteiger partial charge in [-0.3, -0.25) is 4.79 Å². The lowest BCUT2D eigenvalue weighted by atomic mass is 10.1. The second kappa shape index (κ2) is 8.06. The van der Waals surface area contributed by atoms with E-state index in [1.807, 2.05) is 48.5 Å². The van der Waals surface area contributed by atoms with Crippen molar-refractivity contribution in [1.82, 2.24) is 10.3 Å². The highest BCUT2D eigenvalue weighted by atomic mass is 16.5. The molecule has 0 radical (unpaired) electrons. The van der Waals surface area contributed by atoms with Crippen molar-refractivity contribution < 1.29 is 18.7 Å². The Balaban J connectivity index is 1.48. The maximum Gasteiger partial charge on any atom is 0.259 e. The molecule has 0 spiro atoms. The number of benzene rings is 3. The predicted molar refractivity (Wildman–Crippen MR) is 110 cm³/mol. The van der Waals surface area contributed by atoms with Crippen LogP contribution in [-0.4, -0.2) is 25.1 Å². The molecule has 0 unspecified atom stereocenters. The summed E-state index contributed by atoms with van der Waals surface area (Å²) < 4.78 is 16.4. The van der Waals surface area contributed by atoms with E-state index in [-0.39, 0.29) is 5.91 Å². The predicted octanol–water partition coefficient (Wildman–Crippen LogP) is 4.44. The van der Waals surface area contributed by atoms with Crippen molar-refractivity contribution in [2.75, 3.05) is 14.2 Å². The summed E-state index contributed by atoms with van der Waals surface area (Å²) in [7, 11) is 3.05. The molecule has 1 amide bonds. The zero-order valence-electron chi connectivity index (χ0n) is 16.1. The van der Waals surface area contributed by atoms with Gasteiger partial charge in [-0.1, -0.05) is 30.3 Å². The van der Waals surface area contributed by atoms with Crippen LogP contribution in [0.4, 0.5) is 0 Å². The quantitative estimate of drug-likeness (QED) is 0.529. The summed E-state index contributed by atoms with van der Waals surface area (Å²) in [5.41, 5.74) is 3.78. The summed E-state index contributed by atoms with van der Waals surface area (Å²) in [6.45, 7) is 0.369. The first-order valence-electron chi connectivity index (χ1n) is 9.13. The van der Waals surface area contributed by atoms with Gasteiger partial charge < -0.3 is 19.2 Å². The Hall–Kier alpha value is -3.80. The zero-order chi connectivity index (χ0) is 20.2. The minimum atomic E-state index is -0.262. The van der Waals surface area contributed by atoms with Crippen LogP contribution in [0.15, 0.2) is 71.1 Å². The van der Waals surface area contributed by atoms with E-state index in [1.54, 1.807) is 18.2 Å². The van der Waals surface area contributed by atoms with E-state index in [1.165, 1.54) is 14.2 Å². The van der Waals surface area contributed by atoms with Gasteiger partial charge in [0.15, 0.2) is 5.58 Å². The van der Waals surface area contributed by atoms with Crippen LogP contribution >= 0.6 is 0 Å². The third-order valence-corrected chi connectivity index (χ3v) is 4.60. The van der Waals surface area contributed by atoms with Gasteiger partial charge in [-0.25, -0.2) is 4.98 Å².